The fourth-order valence-corrected chi connectivity index (χ4v) is 2.04. The third kappa shape index (κ3) is 1.93. The van der Waals surface area contributed by atoms with Gasteiger partial charge in [0.1, 0.15) is 5.56 Å². The number of hydrogen-bond donors (Lipinski definition) is 3. The topological polar surface area (TPSA) is 111 Å². The standard InChI is InChI=1S/C14H12N4O2/c15-13-11(14(16)19)12(20-18-13)10-7-6-9(17-10)8-4-2-1-3-5-8/h1-7,17H,(H2,15,18)(H2,16,19). The van der Waals surface area contributed by atoms with Crippen LogP contribution in [-0.4, -0.2) is 16.0 Å². The molecule has 2 aromatic heterocycles. The molecule has 3 aromatic rings. The SMILES string of the molecule is NC(=O)c1c(N)noc1-c1ccc(-c2ccccc2)[nH]1. The second kappa shape index (κ2) is 4.58. The fourth-order valence-electron chi connectivity index (χ4n) is 2.04. The third-order valence-corrected chi connectivity index (χ3v) is 2.98. The maximum atomic E-state index is 11.4. The Morgan fingerprint density at radius 1 is 1.10 bits per heavy atom. The van der Waals surface area contributed by atoms with Crippen LogP contribution in [-0.2, 0) is 0 Å². The lowest BCUT2D eigenvalue weighted by molar-refractivity contribution is 0.100. The molecule has 0 fully saturated rings. The van der Waals surface area contributed by atoms with Gasteiger partial charge in [0.05, 0.1) is 5.69 Å². The molecule has 5 N–H and O–H groups in total. The summed E-state index contributed by atoms with van der Waals surface area (Å²) in [5.41, 5.74) is 13.5. The largest absolute Gasteiger partial charge is 0.380 e. The average Bonchev–Trinajstić information content (AvgIpc) is 3.05. The van der Waals surface area contributed by atoms with Crippen LogP contribution in [0.4, 0.5) is 5.82 Å². The molecule has 0 radical (unpaired) electrons. The highest BCUT2D eigenvalue weighted by Gasteiger charge is 2.21. The number of hydrogen-bond acceptors (Lipinski definition) is 4. The van der Waals surface area contributed by atoms with Gasteiger partial charge in [-0.25, -0.2) is 0 Å². The molecule has 20 heavy (non-hydrogen) atoms. The minimum atomic E-state index is -0.672. The van der Waals surface area contributed by atoms with Gasteiger partial charge in [0, 0.05) is 5.69 Å². The van der Waals surface area contributed by atoms with Crippen LogP contribution in [0.25, 0.3) is 22.7 Å². The number of nitrogens with one attached hydrogen (secondary N) is 1. The van der Waals surface area contributed by atoms with Crippen molar-refractivity contribution in [1.82, 2.24) is 10.1 Å². The van der Waals surface area contributed by atoms with Gasteiger partial charge in [-0.3, -0.25) is 4.79 Å². The molecule has 3 rings (SSSR count). The molecular weight excluding hydrogens is 256 g/mol. The Balaban J connectivity index is 2.05. The Morgan fingerprint density at radius 2 is 1.80 bits per heavy atom. The van der Waals surface area contributed by atoms with E-state index in [0.29, 0.717) is 5.69 Å². The van der Waals surface area contributed by atoms with Gasteiger partial charge in [-0.1, -0.05) is 35.5 Å². The lowest BCUT2D eigenvalue weighted by atomic mass is 10.2. The summed E-state index contributed by atoms with van der Waals surface area (Å²) in [4.78, 5) is 14.5. The monoisotopic (exact) mass is 268 g/mol. The number of carbonyl (C=O) groups is 1. The van der Waals surface area contributed by atoms with Crippen molar-refractivity contribution in [3.8, 4) is 22.7 Å². The maximum absolute atomic E-state index is 11.4. The molecule has 6 heteroatoms. The van der Waals surface area contributed by atoms with E-state index in [1.54, 1.807) is 6.07 Å². The van der Waals surface area contributed by atoms with E-state index in [1.165, 1.54) is 0 Å². The van der Waals surface area contributed by atoms with Gasteiger partial charge in [-0.05, 0) is 17.7 Å². The molecule has 0 aliphatic heterocycles. The number of aromatic amines is 1. The van der Waals surface area contributed by atoms with Crippen molar-refractivity contribution < 1.29 is 9.32 Å². The quantitative estimate of drug-likeness (QED) is 0.674. The molecule has 6 nitrogen and oxygen atoms in total. The molecule has 0 saturated carbocycles. The number of anilines is 1. The zero-order valence-corrected chi connectivity index (χ0v) is 10.5. The lowest BCUT2D eigenvalue weighted by Gasteiger charge is -1.98. The molecular formula is C14H12N4O2. The van der Waals surface area contributed by atoms with Gasteiger partial charge in [0.2, 0.25) is 0 Å². The number of primary amides is 1. The first-order valence-electron chi connectivity index (χ1n) is 5.96. The molecule has 0 unspecified atom stereocenters. The van der Waals surface area contributed by atoms with Crippen LogP contribution in [0.2, 0.25) is 0 Å². The summed E-state index contributed by atoms with van der Waals surface area (Å²) >= 11 is 0. The second-order valence-electron chi connectivity index (χ2n) is 4.29. The number of amides is 1. The van der Waals surface area contributed by atoms with Gasteiger partial charge < -0.3 is 21.0 Å². The highest BCUT2D eigenvalue weighted by molar-refractivity contribution is 6.02. The minimum Gasteiger partial charge on any atom is -0.380 e. The van der Waals surface area contributed by atoms with Crippen molar-refractivity contribution in [2.24, 2.45) is 5.73 Å². The number of benzene rings is 1. The zero-order valence-electron chi connectivity index (χ0n) is 10.5. The number of nitrogen functional groups attached to an aromatic ring is 1. The van der Waals surface area contributed by atoms with E-state index in [2.05, 4.69) is 10.1 Å². The van der Waals surface area contributed by atoms with Crippen molar-refractivity contribution in [2.75, 3.05) is 5.73 Å². The first kappa shape index (κ1) is 12.0. The molecule has 0 atom stereocenters. The van der Waals surface area contributed by atoms with Crippen LogP contribution in [0, 0.1) is 0 Å². The van der Waals surface area contributed by atoms with E-state index in [9.17, 15) is 4.79 Å². The van der Waals surface area contributed by atoms with Crippen molar-refractivity contribution >= 4 is 11.7 Å². The number of aromatic nitrogens is 2. The van der Waals surface area contributed by atoms with E-state index in [0.717, 1.165) is 11.3 Å². The Morgan fingerprint density at radius 3 is 2.50 bits per heavy atom. The summed E-state index contributed by atoms with van der Waals surface area (Å²) in [6.45, 7) is 0. The molecule has 0 bridgehead atoms. The van der Waals surface area contributed by atoms with Crippen molar-refractivity contribution in [3.63, 3.8) is 0 Å². The van der Waals surface area contributed by atoms with Gasteiger partial charge in [0.25, 0.3) is 5.91 Å². The van der Waals surface area contributed by atoms with E-state index >= 15 is 0 Å². The first-order valence-corrected chi connectivity index (χ1v) is 5.96. The van der Waals surface area contributed by atoms with E-state index in [4.69, 9.17) is 16.0 Å². The minimum absolute atomic E-state index is 0.0108. The maximum Gasteiger partial charge on any atom is 0.256 e. The number of nitrogens with zero attached hydrogens (tertiary/aromatic N) is 1. The highest BCUT2D eigenvalue weighted by Crippen LogP contribution is 2.29. The van der Waals surface area contributed by atoms with E-state index in [1.807, 2.05) is 36.4 Å². The molecule has 0 aliphatic rings. The molecule has 1 aromatic carbocycles. The summed E-state index contributed by atoms with van der Waals surface area (Å²) in [6.07, 6.45) is 0. The third-order valence-electron chi connectivity index (χ3n) is 2.98. The smallest absolute Gasteiger partial charge is 0.256 e. The van der Waals surface area contributed by atoms with E-state index < -0.39 is 5.91 Å². The summed E-state index contributed by atoms with van der Waals surface area (Å²) in [5.74, 6) is -0.435. The molecule has 100 valence electrons. The van der Waals surface area contributed by atoms with Crippen LogP contribution in [0.15, 0.2) is 47.0 Å². The number of H-pyrrole nitrogens is 1. The normalized spacial score (nSPS) is 10.6. The summed E-state index contributed by atoms with van der Waals surface area (Å²) in [5, 5.41) is 3.58. The van der Waals surface area contributed by atoms with Crippen LogP contribution in [0.5, 0.6) is 0 Å². The first-order chi connectivity index (χ1) is 9.66. The van der Waals surface area contributed by atoms with Crippen molar-refractivity contribution in [1.29, 1.82) is 0 Å². The number of rotatable bonds is 3. The average molecular weight is 268 g/mol. The highest BCUT2D eigenvalue weighted by atomic mass is 16.5. The van der Waals surface area contributed by atoms with Crippen LogP contribution >= 0.6 is 0 Å². The van der Waals surface area contributed by atoms with Gasteiger partial charge in [0.15, 0.2) is 11.6 Å². The van der Waals surface area contributed by atoms with Crippen LogP contribution in [0.3, 0.4) is 0 Å². The molecule has 0 saturated heterocycles. The lowest BCUT2D eigenvalue weighted by Crippen LogP contribution is -2.13. The molecule has 1 amide bonds. The van der Waals surface area contributed by atoms with Crippen molar-refractivity contribution in [2.45, 2.75) is 0 Å². The zero-order chi connectivity index (χ0) is 14.1. The Labute approximate surface area is 114 Å². The summed E-state index contributed by atoms with van der Waals surface area (Å²) in [7, 11) is 0. The van der Waals surface area contributed by atoms with E-state index in [-0.39, 0.29) is 17.1 Å². The summed E-state index contributed by atoms with van der Waals surface area (Å²) < 4.78 is 5.08. The predicted molar refractivity (Wildman–Crippen MR) is 74.7 cm³/mol. The molecule has 0 spiro atoms. The van der Waals surface area contributed by atoms with Gasteiger partial charge in [-0.15, -0.1) is 0 Å². The van der Waals surface area contributed by atoms with Gasteiger partial charge >= 0.3 is 0 Å². The Kier molecular flexibility index (Phi) is 2.76. The van der Waals surface area contributed by atoms with Crippen LogP contribution in [0.1, 0.15) is 10.4 Å². The Bertz CT molecular complexity index is 759. The fraction of sp³-hybridized carbons (Fsp3) is 0. The van der Waals surface area contributed by atoms with Gasteiger partial charge in [-0.2, -0.15) is 0 Å². The van der Waals surface area contributed by atoms with Crippen LogP contribution < -0.4 is 11.5 Å². The number of nitrogens with two attached hydrogens (primary N) is 2. The second-order valence-corrected chi connectivity index (χ2v) is 4.29. The molecule has 0 aliphatic carbocycles. The number of carbonyl (C=O) groups excluding carboxylic acids is 1. The van der Waals surface area contributed by atoms with Crippen molar-refractivity contribution in [3.05, 3.63) is 48.0 Å². The predicted octanol–water partition coefficient (Wildman–Crippen LogP) is 2.02. The molecule has 2 heterocycles. The summed E-state index contributed by atoms with van der Waals surface area (Å²) in [6, 6.07) is 13.4. The Hall–Kier alpha value is -3.02.